The molecule has 1 aliphatic rings. The van der Waals surface area contributed by atoms with Crippen molar-refractivity contribution in [3.8, 4) is 44.5 Å². The fourth-order valence-electron chi connectivity index (χ4n) is 7.57. The third-order valence-corrected chi connectivity index (χ3v) is 10.0. The van der Waals surface area contributed by atoms with Gasteiger partial charge in [0.25, 0.3) is 0 Å². The minimum atomic E-state index is -1.37. The van der Waals surface area contributed by atoms with E-state index in [0.717, 1.165) is 50.1 Å². The van der Waals surface area contributed by atoms with E-state index in [4.69, 9.17) is 11.6 Å². The molecular weight excluding hydrogens is 592 g/mol. The zero-order valence-electron chi connectivity index (χ0n) is 25.5. The van der Waals surface area contributed by atoms with Gasteiger partial charge in [-0.15, -0.1) is 0 Å². The van der Waals surface area contributed by atoms with Gasteiger partial charge < -0.3 is 5.11 Å². The molecule has 222 valence electrons. The number of hydrogen-bond donors (Lipinski definition) is 1. The molecule has 0 saturated carbocycles. The van der Waals surface area contributed by atoms with Crippen LogP contribution in [0, 0.1) is 0 Å². The fraction of sp³-hybridized carbons (Fsp3) is 0.0222. The van der Waals surface area contributed by atoms with Gasteiger partial charge in [-0.3, -0.25) is 0 Å². The van der Waals surface area contributed by atoms with E-state index >= 15 is 0 Å². The molecule has 0 spiro atoms. The molecule has 0 unspecified atom stereocenters. The molecule has 1 N–H and O–H groups in total. The zero-order valence-corrected chi connectivity index (χ0v) is 26.2. The van der Waals surface area contributed by atoms with Crippen LogP contribution < -0.4 is 0 Å². The summed E-state index contributed by atoms with van der Waals surface area (Å²) in [6, 6.07) is 59.1. The lowest BCUT2D eigenvalue weighted by molar-refractivity contribution is 0.131. The van der Waals surface area contributed by atoms with Gasteiger partial charge in [0, 0.05) is 21.7 Å². The minimum Gasteiger partial charge on any atom is -0.376 e. The highest BCUT2D eigenvalue weighted by Gasteiger charge is 2.44. The molecule has 0 aromatic heterocycles. The van der Waals surface area contributed by atoms with E-state index in [2.05, 4.69) is 133 Å². The van der Waals surface area contributed by atoms with Crippen molar-refractivity contribution in [2.24, 2.45) is 0 Å². The van der Waals surface area contributed by atoms with E-state index in [1.807, 2.05) is 36.4 Å². The van der Waals surface area contributed by atoms with Crippen LogP contribution in [-0.4, -0.2) is 5.11 Å². The summed E-state index contributed by atoms with van der Waals surface area (Å²) in [5, 5.41) is 18.7. The molecule has 1 nitrogen and oxygen atoms in total. The van der Waals surface area contributed by atoms with Crippen molar-refractivity contribution in [3.63, 3.8) is 0 Å². The van der Waals surface area contributed by atoms with Gasteiger partial charge in [0.2, 0.25) is 0 Å². The lowest BCUT2D eigenvalue weighted by Gasteiger charge is -2.29. The first-order chi connectivity index (χ1) is 23.1. The number of rotatable bonds is 4. The lowest BCUT2D eigenvalue weighted by Crippen LogP contribution is -2.27. The van der Waals surface area contributed by atoms with Crippen molar-refractivity contribution in [3.05, 3.63) is 192 Å². The molecule has 0 radical (unpaired) electrons. The van der Waals surface area contributed by atoms with Crippen LogP contribution in [0.5, 0.6) is 0 Å². The van der Waals surface area contributed by atoms with Crippen molar-refractivity contribution >= 4 is 33.1 Å². The van der Waals surface area contributed by atoms with Gasteiger partial charge in [0.05, 0.1) is 0 Å². The second-order valence-corrected chi connectivity index (χ2v) is 12.8. The van der Waals surface area contributed by atoms with Crippen LogP contribution in [0.1, 0.15) is 16.7 Å². The molecule has 8 aromatic rings. The van der Waals surface area contributed by atoms with Crippen molar-refractivity contribution < 1.29 is 5.11 Å². The van der Waals surface area contributed by atoms with E-state index in [1.54, 1.807) is 0 Å². The molecule has 0 fully saturated rings. The van der Waals surface area contributed by atoms with Gasteiger partial charge >= 0.3 is 0 Å². The van der Waals surface area contributed by atoms with E-state index in [9.17, 15) is 5.11 Å². The fourth-order valence-corrected chi connectivity index (χ4v) is 7.70. The van der Waals surface area contributed by atoms with Crippen LogP contribution in [0.25, 0.3) is 66.1 Å². The molecule has 2 heteroatoms. The summed E-state index contributed by atoms with van der Waals surface area (Å²) in [5.41, 5.74) is 9.91. The van der Waals surface area contributed by atoms with Crippen LogP contribution in [0.4, 0.5) is 0 Å². The maximum Gasteiger partial charge on any atom is 0.142 e. The maximum atomic E-state index is 13.2. The Morgan fingerprint density at radius 2 is 0.787 bits per heavy atom. The van der Waals surface area contributed by atoms with E-state index < -0.39 is 5.60 Å². The van der Waals surface area contributed by atoms with E-state index in [0.29, 0.717) is 5.02 Å². The molecule has 0 aliphatic heterocycles. The average molecular weight is 621 g/mol. The van der Waals surface area contributed by atoms with Crippen molar-refractivity contribution in [2.75, 3.05) is 0 Å². The Kier molecular flexibility index (Phi) is 6.40. The molecule has 1 aliphatic carbocycles. The monoisotopic (exact) mass is 620 g/mol. The summed E-state index contributed by atoms with van der Waals surface area (Å²) in [6.07, 6.45) is 0. The first-order valence-electron chi connectivity index (χ1n) is 15.9. The van der Waals surface area contributed by atoms with Crippen LogP contribution in [0.3, 0.4) is 0 Å². The van der Waals surface area contributed by atoms with Crippen LogP contribution in [0.2, 0.25) is 5.02 Å². The highest BCUT2D eigenvalue weighted by molar-refractivity contribution is 6.30. The SMILES string of the molecule is OC1(c2ccccc2-c2ccc(Cl)cc2)c2ccc(-c3cccc4ccccc34)cc2-c2cc(-c3cccc4ccccc34)ccc21. The third kappa shape index (κ3) is 4.36. The Bertz CT molecular complexity index is 2350. The number of benzene rings is 8. The third-order valence-electron chi connectivity index (χ3n) is 9.78. The van der Waals surface area contributed by atoms with Crippen LogP contribution in [-0.2, 0) is 5.60 Å². The summed E-state index contributed by atoms with van der Waals surface area (Å²) < 4.78 is 0. The van der Waals surface area contributed by atoms with Gasteiger partial charge in [-0.1, -0.05) is 157 Å². The van der Waals surface area contributed by atoms with Gasteiger partial charge in [-0.05, 0) is 90.3 Å². The van der Waals surface area contributed by atoms with E-state index in [1.165, 1.54) is 32.7 Å². The molecule has 8 aromatic carbocycles. The van der Waals surface area contributed by atoms with Gasteiger partial charge in [0.1, 0.15) is 5.60 Å². The second kappa shape index (κ2) is 10.8. The molecule has 0 heterocycles. The largest absolute Gasteiger partial charge is 0.376 e. The van der Waals surface area contributed by atoms with Crippen LogP contribution in [0.15, 0.2) is 170 Å². The average Bonchev–Trinajstić information content (AvgIpc) is 3.39. The standard InChI is InChI=1S/C45H29ClO/c46-34-23-19-31(20-24-34)39-15-5-6-18-42(39)45(47)43-25-21-32(37-16-7-11-29-9-1-3-13-35(29)37)27-40(43)41-28-33(22-26-44(41)45)38-17-8-12-30-10-2-4-14-36(30)38/h1-28,47H. The predicted octanol–water partition coefficient (Wildman–Crippen LogP) is 11.9. The van der Waals surface area contributed by atoms with Gasteiger partial charge in [-0.25, -0.2) is 0 Å². The first kappa shape index (κ1) is 27.8. The van der Waals surface area contributed by atoms with Crippen molar-refractivity contribution in [2.45, 2.75) is 5.60 Å². The molecule has 0 atom stereocenters. The van der Waals surface area contributed by atoms with Gasteiger partial charge in [0.15, 0.2) is 0 Å². The maximum absolute atomic E-state index is 13.2. The Hall–Kier alpha value is -5.47. The summed E-state index contributed by atoms with van der Waals surface area (Å²) in [6.45, 7) is 0. The van der Waals surface area contributed by atoms with Crippen molar-refractivity contribution in [1.29, 1.82) is 0 Å². The number of fused-ring (bicyclic) bond motifs is 5. The van der Waals surface area contributed by atoms with E-state index in [-0.39, 0.29) is 0 Å². The number of hydrogen-bond acceptors (Lipinski definition) is 1. The first-order valence-corrected chi connectivity index (χ1v) is 16.3. The Morgan fingerprint density at radius 3 is 1.36 bits per heavy atom. The minimum absolute atomic E-state index is 0.684. The summed E-state index contributed by atoms with van der Waals surface area (Å²) in [7, 11) is 0. The lowest BCUT2D eigenvalue weighted by atomic mass is 9.80. The number of halogens is 1. The molecule has 0 bridgehead atoms. The molecule has 0 saturated heterocycles. The predicted molar refractivity (Wildman–Crippen MR) is 197 cm³/mol. The van der Waals surface area contributed by atoms with Gasteiger partial charge in [-0.2, -0.15) is 0 Å². The highest BCUT2D eigenvalue weighted by Crippen LogP contribution is 2.54. The topological polar surface area (TPSA) is 20.2 Å². The summed E-state index contributed by atoms with van der Waals surface area (Å²) in [4.78, 5) is 0. The summed E-state index contributed by atoms with van der Waals surface area (Å²) >= 11 is 6.28. The Morgan fingerprint density at radius 1 is 0.362 bits per heavy atom. The van der Waals surface area contributed by atoms with Crippen LogP contribution >= 0.6 is 11.6 Å². The molecule has 9 rings (SSSR count). The smallest absolute Gasteiger partial charge is 0.142 e. The second-order valence-electron chi connectivity index (χ2n) is 12.3. The zero-order chi connectivity index (χ0) is 31.5. The summed E-state index contributed by atoms with van der Waals surface area (Å²) in [5.74, 6) is 0. The normalized spacial score (nSPS) is 13.1. The quantitative estimate of drug-likeness (QED) is 0.207. The number of aliphatic hydroxyl groups is 1. The highest BCUT2D eigenvalue weighted by atomic mass is 35.5. The Labute approximate surface area is 279 Å². The van der Waals surface area contributed by atoms with Crippen molar-refractivity contribution in [1.82, 2.24) is 0 Å². The Balaban J connectivity index is 1.31. The molecular formula is C45H29ClO. The molecule has 0 amide bonds. The molecule has 47 heavy (non-hydrogen) atoms.